The molecular formula is C15H17N3O3S. The number of nitrogens with two attached hydrogens (primary N) is 1. The summed E-state index contributed by atoms with van der Waals surface area (Å²) in [4.78, 5) is 37.0. The molecule has 7 heteroatoms. The zero-order valence-corrected chi connectivity index (χ0v) is 13.0. The lowest BCUT2D eigenvalue weighted by atomic mass is 10.2. The number of anilines is 1. The molecule has 3 N–H and O–H groups in total. The standard InChI is InChI=1S/C15H17N3O3S/c1-15-7-6-12(19)18(15)11(8-22-15)14(21)17-10-4-2-9(3-5-10)13(16)20/h2-5,11H,6-8H2,1H3,(H2,16,20)(H,17,21)/t11-,15+/m1/s1. The van der Waals surface area contributed by atoms with Crippen molar-refractivity contribution in [2.24, 2.45) is 5.73 Å². The molecular weight excluding hydrogens is 302 g/mol. The first-order chi connectivity index (χ1) is 10.4. The van der Waals surface area contributed by atoms with Crippen LogP contribution in [0.1, 0.15) is 30.1 Å². The van der Waals surface area contributed by atoms with Crippen molar-refractivity contribution in [2.45, 2.75) is 30.7 Å². The van der Waals surface area contributed by atoms with Crippen molar-refractivity contribution in [1.82, 2.24) is 4.90 Å². The molecule has 3 rings (SSSR count). The highest BCUT2D eigenvalue weighted by Gasteiger charge is 2.52. The lowest BCUT2D eigenvalue weighted by Gasteiger charge is -2.29. The molecule has 2 saturated heterocycles. The Bertz CT molecular complexity index is 646. The quantitative estimate of drug-likeness (QED) is 0.875. The Kier molecular flexibility index (Phi) is 3.60. The molecule has 2 aliphatic rings. The van der Waals surface area contributed by atoms with Crippen LogP contribution in [0.15, 0.2) is 24.3 Å². The zero-order valence-electron chi connectivity index (χ0n) is 12.2. The van der Waals surface area contributed by atoms with Gasteiger partial charge in [0.15, 0.2) is 0 Å². The summed E-state index contributed by atoms with van der Waals surface area (Å²) >= 11 is 1.66. The highest BCUT2D eigenvalue weighted by Crippen LogP contribution is 2.47. The monoisotopic (exact) mass is 319 g/mol. The number of benzene rings is 1. The summed E-state index contributed by atoms with van der Waals surface area (Å²) in [5.41, 5.74) is 6.15. The first-order valence-electron chi connectivity index (χ1n) is 7.07. The second-order valence-electron chi connectivity index (χ2n) is 5.70. The SMILES string of the molecule is C[C@]12CCC(=O)N1[C@@H](C(=O)Nc1ccc(C(N)=O)cc1)CS2. The van der Waals surface area contributed by atoms with Crippen LogP contribution in [0.4, 0.5) is 5.69 Å². The van der Waals surface area contributed by atoms with Gasteiger partial charge in [0.1, 0.15) is 6.04 Å². The predicted octanol–water partition coefficient (Wildman–Crippen LogP) is 1.18. The summed E-state index contributed by atoms with van der Waals surface area (Å²) in [5, 5.41) is 2.80. The Labute approximate surface area is 132 Å². The second-order valence-corrected chi connectivity index (χ2v) is 7.20. The molecule has 1 aromatic rings. The van der Waals surface area contributed by atoms with E-state index < -0.39 is 11.9 Å². The van der Waals surface area contributed by atoms with Crippen molar-refractivity contribution in [1.29, 1.82) is 0 Å². The Balaban J connectivity index is 1.72. The number of nitrogens with one attached hydrogen (secondary N) is 1. The van der Waals surface area contributed by atoms with Gasteiger partial charge in [0.05, 0.1) is 4.87 Å². The largest absolute Gasteiger partial charge is 0.366 e. The highest BCUT2D eigenvalue weighted by atomic mass is 32.2. The molecule has 0 saturated carbocycles. The molecule has 0 radical (unpaired) electrons. The van der Waals surface area contributed by atoms with Crippen LogP contribution in [0.5, 0.6) is 0 Å². The van der Waals surface area contributed by atoms with Crippen molar-refractivity contribution in [3.05, 3.63) is 29.8 Å². The van der Waals surface area contributed by atoms with Gasteiger partial charge in [-0.2, -0.15) is 0 Å². The molecule has 0 spiro atoms. The van der Waals surface area contributed by atoms with Crippen LogP contribution in [0.25, 0.3) is 0 Å². The van der Waals surface area contributed by atoms with Gasteiger partial charge in [-0.25, -0.2) is 0 Å². The minimum atomic E-state index is -0.511. The molecule has 0 aliphatic carbocycles. The summed E-state index contributed by atoms with van der Waals surface area (Å²) in [7, 11) is 0. The molecule has 0 bridgehead atoms. The van der Waals surface area contributed by atoms with E-state index >= 15 is 0 Å². The summed E-state index contributed by atoms with van der Waals surface area (Å²) in [6, 6.07) is 5.94. The van der Waals surface area contributed by atoms with Crippen LogP contribution < -0.4 is 11.1 Å². The average Bonchev–Trinajstić information content (AvgIpc) is 2.97. The van der Waals surface area contributed by atoms with Gasteiger partial charge in [0.25, 0.3) is 0 Å². The highest BCUT2D eigenvalue weighted by molar-refractivity contribution is 8.01. The fraction of sp³-hybridized carbons (Fsp3) is 0.400. The third-order valence-corrected chi connectivity index (χ3v) is 5.69. The van der Waals surface area contributed by atoms with Crippen molar-refractivity contribution in [3.63, 3.8) is 0 Å². The Hall–Kier alpha value is -2.02. The lowest BCUT2D eigenvalue weighted by Crippen LogP contribution is -2.48. The number of hydrogen-bond donors (Lipinski definition) is 2. The smallest absolute Gasteiger partial charge is 0.248 e. The van der Waals surface area contributed by atoms with Gasteiger partial charge in [0, 0.05) is 23.4 Å². The van der Waals surface area contributed by atoms with Gasteiger partial charge in [-0.15, -0.1) is 11.8 Å². The molecule has 6 nitrogen and oxygen atoms in total. The minimum absolute atomic E-state index is 0.0386. The first-order valence-corrected chi connectivity index (χ1v) is 8.06. The number of amides is 3. The van der Waals surface area contributed by atoms with E-state index in [1.165, 1.54) is 0 Å². The molecule has 1 aromatic carbocycles. The molecule has 116 valence electrons. The Morgan fingerprint density at radius 2 is 2.05 bits per heavy atom. The maximum absolute atomic E-state index is 12.5. The van der Waals surface area contributed by atoms with Crippen molar-refractivity contribution < 1.29 is 14.4 Å². The molecule has 2 heterocycles. The third kappa shape index (κ3) is 2.45. The van der Waals surface area contributed by atoms with Crippen molar-refractivity contribution >= 4 is 35.2 Å². The van der Waals surface area contributed by atoms with E-state index in [-0.39, 0.29) is 16.7 Å². The van der Waals surface area contributed by atoms with Crippen LogP contribution >= 0.6 is 11.8 Å². The van der Waals surface area contributed by atoms with Crippen LogP contribution in [0.3, 0.4) is 0 Å². The van der Waals surface area contributed by atoms with E-state index in [1.54, 1.807) is 40.9 Å². The zero-order chi connectivity index (χ0) is 15.9. The molecule has 2 fully saturated rings. The summed E-state index contributed by atoms with van der Waals surface area (Å²) in [6.45, 7) is 2.01. The number of thioether (sulfide) groups is 1. The lowest BCUT2D eigenvalue weighted by molar-refractivity contribution is -0.135. The first kappa shape index (κ1) is 14.9. The number of primary amides is 1. The van der Waals surface area contributed by atoms with E-state index in [0.717, 1.165) is 6.42 Å². The number of fused-ring (bicyclic) bond motifs is 1. The fourth-order valence-corrected chi connectivity index (χ4v) is 4.39. The van der Waals surface area contributed by atoms with Crippen molar-refractivity contribution in [3.8, 4) is 0 Å². The Morgan fingerprint density at radius 1 is 1.36 bits per heavy atom. The molecule has 2 aliphatic heterocycles. The molecule has 3 amide bonds. The predicted molar refractivity (Wildman–Crippen MR) is 84.3 cm³/mol. The topological polar surface area (TPSA) is 92.5 Å². The van der Waals surface area contributed by atoms with E-state index in [9.17, 15) is 14.4 Å². The van der Waals surface area contributed by atoms with Crippen LogP contribution in [0, 0.1) is 0 Å². The minimum Gasteiger partial charge on any atom is -0.366 e. The van der Waals surface area contributed by atoms with Gasteiger partial charge in [-0.3, -0.25) is 14.4 Å². The van der Waals surface area contributed by atoms with E-state index in [1.807, 2.05) is 6.92 Å². The summed E-state index contributed by atoms with van der Waals surface area (Å²) in [5.74, 6) is -0.0634. The Morgan fingerprint density at radius 3 is 2.68 bits per heavy atom. The van der Waals surface area contributed by atoms with E-state index in [0.29, 0.717) is 23.4 Å². The van der Waals surface area contributed by atoms with Crippen LogP contribution in [0.2, 0.25) is 0 Å². The summed E-state index contributed by atoms with van der Waals surface area (Å²) < 4.78 is 0. The number of nitrogens with zero attached hydrogens (tertiary/aromatic N) is 1. The fourth-order valence-electron chi connectivity index (χ4n) is 2.96. The van der Waals surface area contributed by atoms with Crippen LogP contribution in [-0.2, 0) is 9.59 Å². The molecule has 22 heavy (non-hydrogen) atoms. The number of carbonyl (C=O) groups excluding carboxylic acids is 3. The van der Waals surface area contributed by atoms with E-state index in [2.05, 4.69) is 5.32 Å². The van der Waals surface area contributed by atoms with Gasteiger partial charge in [0.2, 0.25) is 17.7 Å². The number of rotatable bonds is 3. The maximum atomic E-state index is 12.5. The van der Waals surface area contributed by atoms with E-state index in [4.69, 9.17) is 5.73 Å². The van der Waals surface area contributed by atoms with Gasteiger partial charge < -0.3 is 16.0 Å². The van der Waals surface area contributed by atoms with Crippen LogP contribution in [-0.4, -0.2) is 39.3 Å². The second kappa shape index (κ2) is 5.31. The number of hydrogen-bond acceptors (Lipinski definition) is 4. The third-order valence-electron chi connectivity index (χ3n) is 4.18. The average molecular weight is 319 g/mol. The normalized spacial score (nSPS) is 26.9. The number of carbonyl (C=O) groups is 3. The van der Waals surface area contributed by atoms with Gasteiger partial charge in [-0.1, -0.05) is 0 Å². The van der Waals surface area contributed by atoms with Crippen molar-refractivity contribution in [2.75, 3.05) is 11.1 Å². The molecule has 0 aromatic heterocycles. The molecule has 0 unspecified atom stereocenters. The maximum Gasteiger partial charge on any atom is 0.248 e. The summed E-state index contributed by atoms with van der Waals surface area (Å²) in [6.07, 6.45) is 1.29. The molecule has 2 atom stereocenters. The van der Waals surface area contributed by atoms with Gasteiger partial charge >= 0.3 is 0 Å². The van der Waals surface area contributed by atoms with Gasteiger partial charge in [-0.05, 0) is 37.6 Å².